The number of hydrogen-bond acceptors (Lipinski definition) is 6. The van der Waals surface area contributed by atoms with E-state index in [0.29, 0.717) is 23.5 Å². The van der Waals surface area contributed by atoms with Gasteiger partial charge in [-0.05, 0) is 30.5 Å². The predicted molar refractivity (Wildman–Crippen MR) is 93.5 cm³/mol. The molecule has 0 radical (unpaired) electrons. The van der Waals surface area contributed by atoms with Gasteiger partial charge in [0.2, 0.25) is 11.6 Å². The molecule has 0 spiro atoms. The molecule has 1 amide bonds. The predicted octanol–water partition coefficient (Wildman–Crippen LogP) is 1.13. The van der Waals surface area contributed by atoms with Gasteiger partial charge in [0.25, 0.3) is 5.56 Å². The van der Waals surface area contributed by atoms with Crippen LogP contribution in [0.1, 0.15) is 10.7 Å². The Kier molecular flexibility index (Phi) is 3.77. The summed E-state index contributed by atoms with van der Waals surface area (Å²) >= 11 is 1.57. The van der Waals surface area contributed by atoms with Crippen LogP contribution < -0.4 is 10.9 Å². The summed E-state index contributed by atoms with van der Waals surface area (Å²) in [6, 6.07) is 7.36. The number of amides is 1. The molecule has 0 aromatic carbocycles. The molecule has 4 aromatic rings. The number of carbonyl (C=O) groups is 1. The zero-order chi connectivity index (χ0) is 17.4. The fourth-order valence-corrected chi connectivity index (χ4v) is 3.36. The van der Waals surface area contributed by atoms with Crippen molar-refractivity contribution in [1.29, 1.82) is 0 Å². The van der Waals surface area contributed by atoms with Crippen molar-refractivity contribution in [2.24, 2.45) is 0 Å². The summed E-state index contributed by atoms with van der Waals surface area (Å²) in [6.07, 6.45) is 1.63. The van der Waals surface area contributed by atoms with E-state index < -0.39 is 0 Å². The van der Waals surface area contributed by atoms with Crippen LogP contribution in [0, 0.1) is 6.92 Å². The maximum absolute atomic E-state index is 12.8. The van der Waals surface area contributed by atoms with E-state index in [1.807, 2.05) is 17.5 Å². The Morgan fingerprint density at radius 2 is 2.12 bits per heavy atom. The highest BCUT2D eigenvalue weighted by atomic mass is 32.1. The average Bonchev–Trinajstić information content (AvgIpc) is 3.27. The van der Waals surface area contributed by atoms with Gasteiger partial charge in [0, 0.05) is 11.1 Å². The first kappa shape index (κ1) is 15.5. The molecule has 9 heteroatoms. The maximum Gasteiger partial charge on any atom is 0.297 e. The molecule has 0 aliphatic heterocycles. The van der Waals surface area contributed by atoms with Crippen molar-refractivity contribution < 1.29 is 4.79 Å². The van der Waals surface area contributed by atoms with Crippen molar-refractivity contribution in [3.8, 4) is 0 Å². The molecule has 0 atom stereocenters. The summed E-state index contributed by atoms with van der Waals surface area (Å²) in [7, 11) is 0. The van der Waals surface area contributed by atoms with Gasteiger partial charge in [-0.3, -0.25) is 18.6 Å². The van der Waals surface area contributed by atoms with Gasteiger partial charge < -0.3 is 5.32 Å². The minimum atomic E-state index is -0.368. The standard InChI is InChI=1S/C16H14N6O2S/c1-10-19-20-15-16(24)21(12-5-2-6-17-14(12)22(10)15)9-13(23)18-8-11-4-3-7-25-11/h2-7H,8-9H2,1H3,(H,18,23). The van der Waals surface area contributed by atoms with E-state index in [4.69, 9.17) is 0 Å². The van der Waals surface area contributed by atoms with E-state index in [-0.39, 0.29) is 23.7 Å². The lowest BCUT2D eigenvalue weighted by Crippen LogP contribution is -2.33. The molecule has 4 rings (SSSR count). The number of aryl methyl sites for hydroxylation is 1. The third-order valence-corrected chi connectivity index (χ3v) is 4.75. The Morgan fingerprint density at radius 1 is 1.24 bits per heavy atom. The van der Waals surface area contributed by atoms with Crippen molar-refractivity contribution in [3.05, 3.63) is 56.9 Å². The van der Waals surface area contributed by atoms with Gasteiger partial charge in [-0.2, -0.15) is 0 Å². The lowest BCUT2D eigenvalue weighted by Gasteiger charge is -2.11. The second-order valence-corrected chi connectivity index (χ2v) is 6.53. The number of aromatic nitrogens is 5. The maximum atomic E-state index is 12.8. The van der Waals surface area contributed by atoms with Gasteiger partial charge in [0.15, 0.2) is 5.65 Å². The highest BCUT2D eigenvalue weighted by Gasteiger charge is 2.17. The molecule has 4 aromatic heterocycles. The molecular weight excluding hydrogens is 340 g/mol. The van der Waals surface area contributed by atoms with Crippen LogP contribution in [0.15, 0.2) is 40.6 Å². The Hall–Kier alpha value is -3.07. The zero-order valence-corrected chi connectivity index (χ0v) is 14.2. The molecule has 25 heavy (non-hydrogen) atoms. The number of fused-ring (bicyclic) bond motifs is 3. The molecule has 1 N–H and O–H groups in total. The number of nitrogens with zero attached hydrogens (tertiary/aromatic N) is 5. The van der Waals surface area contributed by atoms with Gasteiger partial charge in [0.05, 0.1) is 12.1 Å². The van der Waals surface area contributed by atoms with Crippen molar-refractivity contribution in [2.45, 2.75) is 20.0 Å². The highest BCUT2D eigenvalue weighted by molar-refractivity contribution is 7.09. The van der Waals surface area contributed by atoms with Crippen LogP contribution in [0.25, 0.3) is 16.8 Å². The van der Waals surface area contributed by atoms with Crippen molar-refractivity contribution >= 4 is 34.1 Å². The fraction of sp³-hybridized carbons (Fsp3) is 0.188. The molecule has 0 saturated carbocycles. The Labute approximate surface area is 145 Å². The van der Waals surface area contributed by atoms with Crippen LogP contribution in [0.2, 0.25) is 0 Å². The van der Waals surface area contributed by atoms with E-state index in [1.54, 1.807) is 41.0 Å². The third-order valence-electron chi connectivity index (χ3n) is 3.87. The van der Waals surface area contributed by atoms with Gasteiger partial charge in [-0.1, -0.05) is 6.07 Å². The first-order valence-corrected chi connectivity index (χ1v) is 8.51. The molecule has 8 nitrogen and oxygen atoms in total. The summed E-state index contributed by atoms with van der Waals surface area (Å²) < 4.78 is 2.99. The third kappa shape index (κ3) is 2.68. The van der Waals surface area contributed by atoms with Gasteiger partial charge in [0.1, 0.15) is 12.4 Å². The van der Waals surface area contributed by atoms with Gasteiger partial charge >= 0.3 is 0 Å². The number of hydrogen-bond donors (Lipinski definition) is 1. The molecule has 0 fully saturated rings. The Bertz CT molecular complexity index is 1130. The molecule has 0 unspecified atom stereocenters. The number of pyridine rings is 1. The van der Waals surface area contributed by atoms with Crippen molar-refractivity contribution in [1.82, 2.24) is 29.5 Å². The quantitative estimate of drug-likeness (QED) is 0.593. The summed E-state index contributed by atoms with van der Waals surface area (Å²) in [6.45, 7) is 2.09. The zero-order valence-electron chi connectivity index (χ0n) is 13.3. The largest absolute Gasteiger partial charge is 0.350 e. The summed E-state index contributed by atoms with van der Waals surface area (Å²) in [5.74, 6) is 0.325. The minimum Gasteiger partial charge on any atom is -0.350 e. The second kappa shape index (κ2) is 6.10. The molecule has 0 bridgehead atoms. The number of carbonyl (C=O) groups excluding carboxylic acids is 1. The molecule has 0 aliphatic carbocycles. The van der Waals surface area contributed by atoms with E-state index in [0.717, 1.165) is 4.88 Å². The summed E-state index contributed by atoms with van der Waals surface area (Å²) in [5.41, 5.74) is 0.905. The summed E-state index contributed by atoms with van der Waals surface area (Å²) in [5, 5.41) is 12.7. The van der Waals surface area contributed by atoms with Crippen LogP contribution in [-0.2, 0) is 17.9 Å². The first-order chi connectivity index (χ1) is 12.1. The Balaban J connectivity index is 1.74. The van der Waals surface area contributed by atoms with Crippen LogP contribution in [-0.4, -0.2) is 30.1 Å². The van der Waals surface area contributed by atoms with Crippen molar-refractivity contribution in [3.63, 3.8) is 0 Å². The smallest absolute Gasteiger partial charge is 0.297 e. The number of thiophene rings is 1. The van der Waals surface area contributed by atoms with Crippen LogP contribution in [0.5, 0.6) is 0 Å². The normalized spacial score (nSPS) is 11.2. The van der Waals surface area contributed by atoms with Crippen LogP contribution >= 0.6 is 11.3 Å². The Morgan fingerprint density at radius 3 is 2.92 bits per heavy atom. The lowest BCUT2D eigenvalue weighted by molar-refractivity contribution is -0.121. The SMILES string of the molecule is Cc1nnc2c(=O)n(CC(=O)NCc3cccs3)c3cccnc3n12. The second-order valence-electron chi connectivity index (χ2n) is 5.50. The van der Waals surface area contributed by atoms with Gasteiger partial charge in [-0.15, -0.1) is 21.5 Å². The minimum absolute atomic E-state index is 0.102. The summed E-state index contributed by atoms with van der Waals surface area (Å²) in [4.78, 5) is 30.5. The van der Waals surface area contributed by atoms with E-state index in [1.165, 1.54) is 4.57 Å². The average molecular weight is 354 g/mol. The van der Waals surface area contributed by atoms with E-state index >= 15 is 0 Å². The molecule has 0 saturated heterocycles. The molecular formula is C16H14N6O2S. The number of nitrogens with one attached hydrogen (secondary N) is 1. The number of rotatable bonds is 4. The monoisotopic (exact) mass is 354 g/mol. The highest BCUT2D eigenvalue weighted by Crippen LogP contribution is 2.12. The first-order valence-electron chi connectivity index (χ1n) is 7.63. The van der Waals surface area contributed by atoms with Crippen LogP contribution in [0.3, 0.4) is 0 Å². The molecule has 126 valence electrons. The van der Waals surface area contributed by atoms with Crippen LogP contribution in [0.4, 0.5) is 0 Å². The molecule has 4 heterocycles. The van der Waals surface area contributed by atoms with Crippen molar-refractivity contribution in [2.75, 3.05) is 0 Å². The topological polar surface area (TPSA) is 94.2 Å². The fourth-order valence-electron chi connectivity index (χ4n) is 2.71. The molecule has 0 aliphatic rings. The lowest BCUT2D eigenvalue weighted by atomic mass is 10.3. The van der Waals surface area contributed by atoms with Gasteiger partial charge in [-0.25, -0.2) is 4.98 Å². The van der Waals surface area contributed by atoms with E-state index in [2.05, 4.69) is 20.5 Å². The van der Waals surface area contributed by atoms with E-state index in [9.17, 15) is 9.59 Å².